The molecular formula is C22H15N3O2S. The first-order chi connectivity index (χ1) is 13.8. The molecule has 0 fully saturated rings. The van der Waals surface area contributed by atoms with Gasteiger partial charge in [-0.25, -0.2) is 0 Å². The van der Waals surface area contributed by atoms with Crippen molar-refractivity contribution in [1.82, 2.24) is 4.57 Å². The molecule has 0 unspecified atom stereocenters. The zero-order chi connectivity index (χ0) is 18.9. The lowest BCUT2D eigenvalue weighted by Gasteiger charge is -2.22. The molecule has 1 aliphatic rings. The minimum atomic E-state index is -0.335. The fourth-order valence-electron chi connectivity index (χ4n) is 3.33. The monoisotopic (exact) mass is 385 g/mol. The molecule has 1 aliphatic heterocycles. The van der Waals surface area contributed by atoms with Crippen molar-refractivity contribution in [3.05, 3.63) is 116 Å². The number of hydrogen-bond acceptors (Lipinski definition) is 5. The van der Waals surface area contributed by atoms with Gasteiger partial charge in [0.1, 0.15) is 11.8 Å². The summed E-state index contributed by atoms with van der Waals surface area (Å²) >= 11 is 1.32. The van der Waals surface area contributed by atoms with Crippen LogP contribution in [0.4, 0.5) is 0 Å². The standard InChI is InChI=1S/C22H15N3O2S/c26-21-18(14-17-12-7-13-27-17)28-22-24-23-19(15-8-3-1-4-9-15)20(25(21)22)16-10-5-2-6-11-16/h1-14,20H/b18-14-/t20-/m0/s1. The molecule has 0 saturated heterocycles. The fourth-order valence-corrected chi connectivity index (χ4v) is 4.25. The summed E-state index contributed by atoms with van der Waals surface area (Å²) in [5.74, 6) is 0.636. The van der Waals surface area contributed by atoms with Crippen molar-refractivity contribution in [3.63, 3.8) is 0 Å². The van der Waals surface area contributed by atoms with Gasteiger partial charge in [-0.1, -0.05) is 72.0 Å². The van der Waals surface area contributed by atoms with Gasteiger partial charge in [0, 0.05) is 11.6 Å². The smallest absolute Gasteiger partial charge is 0.271 e. The second-order valence-corrected chi connectivity index (χ2v) is 7.36. The van der Waals surface area contributed by atoms with Crippen LogP contribution in [-0.2, 0) is 0 Å². The summed E-state index contributed by atoms with van der Waals surface area (Å²) in [5.41, 5.74) is 2.59. The molecule has 0 radical (unpaired) electrons. The summed E-state index contributed by atoms with van der Waals surface area (Å²) in [5, 5.41) is 8.86. The largest absolute Gasteiger partial charge is 0.465 e. The second-order valence-electron chi connectivity index (χ2n) is 6.35. The molecule has 5 nitrogen and oxygen atoms in total. The van der Waals surface area contributed by atoms with Crippen LogP contribution in [0.25, 0.3) is 6.08 Å². The van der Waals surface area contributed by atoms with Gasteiger partial charge in [-0.2, -0.15) is 0 Å². The first kappa shape index (κ1) is 16.6. The van der Waals surface area contributed by atoms with Crippen LogP contribution in [0.2, 0.25) is 0 Å². The van der Waals surface area contributed by atoms with Crippen LogP contribution in [0.1, 0.15) is 22.9 Å². The normalized spacial score (nSPS) is 16.4. The van der Waals surface area contributed by atoms with Crippen molar-refractivity contribution >= 4 is 23.1 Å². The number of rotatable bonds is 3. The minimum absolute atomic E-state index is 0.0997. The zero-order valence-corrected chi connectivity index (χ0v) is 15.5. The molecule has 3 heterocycles. The van der Waals surface area contributed by atoms with Crippen LogP contribution >= 0.6 is 11.3 Å². The summed E-state index contributed by atoms with van der Waals surface area (Å²) in [6.07, 6.45) is 3.34. The van der Waals surface area contributed by atoms with Crippen molar-refractivity contribution in [3.8, 4) is 0 Å². The first-order valence-corrected chi connectivity index (χ1v) is 9.65. The number of nitrogens with zero attached hydrogens (tertiary/aromatic N) is 3. The molecule has 6 heteroatoms. The van der Waals surface area contributed by atoms with Crippen LogP contribution < -0.4 is 14.9 Å². The van der Waals surface area contributed by atoms with Crippen LogP contribution in [0.5, 0.6) is 0 Å². The summed E-state index contributed by atoms with van der Waals surface area (Å²) in [6, 6.07) is 23.1. The molecule has 0 aliphatic carbocycles. The Balaban J connectivity index is 1.75. The third kappa shape index (κ3) is 2.84. The van der Waals surface area contributed by atoms with Crippen molar-refractivity contribution in [1.29, 1.82) is 0 Å². The average Bonchev–Trinajstić information content (AvgIpc) is 3.37. The highest BCUT2D eigenvalue weighted by Crippen LogP contribution is 2.23. The molecule has 136 valence electrons. The number of fused-ring (bicyclic) bond motifs is 1. The van der Waals surface area contributed by atoms with Gasteiger partial charge in [-0.05, 0) is 17.7 Å². The van der Waals surface area contributed by atoms with E-state index in [0.29, 0.717) is 15.1 Å². The molecule has 0 amide bonds. The molecule has 0 saturated carbocycles. The first-order valence-electron chi connectivity index (χ1n) is 8.84. The Morgan fingerprint density at radius 3 is 2.39 bits per heavy atom. The SMILES string of the molecule is O=c1/c(=C/c2ccco2)sc2n1[C@@H](c1ccccc1)C(c1ccccc1)=NN=2. The summed E-state index contributed by atoms with van der Waals surface area (Å²) in [4.78, 5) is 13.9. The Hall–Kier alpha value is -3.51. The van der Waals surface area contributed by atoms with Crippen LogP contribution in [-0.4, -0.2) is 10.3 Å². The van der Waals surface area contributed by atoms with E-state index in [1.807, 2.05) is 66.7 Å². The molecule has 4 aromatic rings. The number of hydrogen-bond donors (Lipinski definition) is 0. The third-order valence-electron chi connectivity index (χ3n) is 4.60. The van der Waals surface area contributed by atoms with E-state index in [1.54, 1.807) is 23.0 Å². The minimum Gasteiger partial charge on any atom is -0.465 e. The Morgan fingerprint density at radius 1 is 0.929 bits per heavy atom. The van der Waals surface area contributed by atoms with Gasteiger partial charge >= 0.3 is 0 Å². The van der Waals surface area contributed by atoms with Crippen LogP contribution in [0.3, 0.4) is 0 Å². The van der Waals surface area contributed by atoms with Crippen molar-refractivity contribution in [2.24, 2.45) is 10.2 Å². The Kier molecular flexibility index (Phi) is 4.10. The molecule has 2 aromatic carbocycles. The third-order valence-corrected chi connectivity index (χ3v) is 5.57. The number of aromatic nitrogens is 1. The van der Waals surface area contributed by atoms with Gasteiger partial charge in [0.05, 0.1) is 16.5 Å². The van der Waals surface area contributed by atoms with Crippen molar-refractivity contribution in [2.45, 2.75) is 6.04 Å². The van der Waals surface area contributed by atoms with Gasteiger partial charge in [-0.15, -0.1) is 10.2 Å². The highest BCUT2D eigenvalue weighted by molar-refractivity contribution is 7.07. The topological polar surface area (TPSA) is 59.9 Å². The molecule has 28 heavy (non-hydrogen) atoms. The molecule has 5 rings (SSSR count). The Bertz CT molecular complexity index is 1320. The van der Waals surface area contributed by atoms with Gasteiger partial charge in [-0.3, -0.25) is 9.36 Å². The van der Waals surface area contributed by atoms with E-state index in [2.05, 4.69) is 10.2 Å². The highest BCUT2D eigenvalue weighted by Gasteiger charge is 2.28. The average molecular weight is 385 g/mol. The molecule has 1 atom stereocenters. The van der Waals surface area contributed by atoms with E-state index >= 15 is 0 Å². The summed E-state index contributed by atoms with van der Waals surface area (Å²) in [7, 11) is 0. The maximum absolute atomic E-state index is 13.3. The quantitative estimate of drug-likeness (QED) is 0.544. The van der Waals surface area contributed by atoms with Gasteiger partial charge < -0.3 is 4.42 Å². The number of furan rings is 1. The Labute approximate surface area is 164 Å². The fraction of sp³-hybridized carbons (Fsp3) is 0.0455. The van der Waals surface area contributed by atoms with E-state index in [9.17, 15) is 4.79 Å². The van der Waals surface area contributed by atoms with Gasteiger partial charge in [0.15, 0.2) is 0 Å². The molecule has 0 spiro atoms. The predicted molar refractivity (Wildman–Crippen MR) is 109 cm³/mol. The Morgan fingerprint density at radius 2 is 1.68 bits per heavy atom. The van der Waals surface area contributed by atoms with E-state index < -0.39 is 0 Å². The number of benzene rings is 2. The van der Waals surface area contributed by atoms with Crippen molar-refractivity contribution < 1.29 is 4.42 Å². The summed E-state index contributed by atoms with van der Waals surface area (Å²) in [6.45, 7) is 0. The number of thiazole rings is 1. The molecule has 0 N–H and O–H groups in total. The molecule has 2 aromatic heterocycles. The van der Waals surface area contributed by atoms with E-state index in [4.69, 9.17) is 4.42 Å². The van der Waals surface area contributed by atoms with Crippen LogP contribution in [0.15, 0.2) is 98.5 Å². The predicted octanol–water partition coefficient (Wildman–Crippen LogP) is 2.96. The van der Waals surface area contributed by atoms with E-state index in [1.165, 1.54) is 11.3 Å². The summed E-state index contributed by atoms with van der Waals surface area (Å²) < 4.78 is 7.67. The van der Waals surface area contributed by atoms with Gasteiger partial charge in [0.25, 0.3) is 5.56 Å². The highest BCUT2D eigenvalue weighted by atomic mass is 32.1. The second kappa shape index (κ2) is 6.90. The molecule has 0 bridgehead atoms. The lowest BCUT2D eigenvalue weighted by atomic mass is 9.96. The molecular weight excluding hydrogens is 370 g/mol. The maximum atomic E-state index is 13.3. The van der Waals surface area contributed by atoms with E-state index in [-0.39, 0.29) is 11.6 Å². The lowest BCUT2D eigenvalue weighted by molar-refractivity contribution is 0.556. The van der Waals surface area contributed by atoms with Crippen molar-refractivity contribution in [2.75, 3.05) is 0 Å². The van der Waals surface area contributed by atoms with Crippen LogP contribution in [0, 0.1) is 0 Å². The maximum Gasteiger partial charge on any atom is 0.271 e. The van der Waals surface area contributed by atoms with E-state index in [0.717, 1.165) is 16.8 Å². The van der Waals surface area contributed by atoms with Gasteiger partial charge in [0.2, 0.25) is 4.80 Å². The lowest BCUT2D eigenvalue weighted by Crippen LogP contribution is -2.40. The zero-order valence-electron chi connectivity index (χ0n) is 14.7.